The van der Waals surface area contributed by atoms with Crippen molar-refractivity contribution in [3.8, 4) is 46.2 Å². The lowest BCUT2D eigenvalue weighted by atomic mass is 9.50. The van der Waals surface area contributed by atoms with Crippen LogP contribution in [0.1, 0.15) is 79.0 Å². The molecule has 0 fully saturated rings. The topological polar surface area (TPSA) is 211 Å². The molecule has 16 nitrogen and oxygen atoms in total. The zero-order valence-corrected chi connectivity index (χ0v) is 56.3. The number of fused-ring (bicyclic) bond motifs is 5. The molecule has 2 aliphatic rings. The van der Waals surface area contributed by atoms with E-state index in [1.165, 1.54) is 50.5 Å². The van der Waals surface area contributed by atoms with Gasteiger partial charge in [0.1, 0.15) is 34.9 Å². The highest BCUT2D eigenvalue weighted by Gasteiger charge is 2.38. The van der Waals surface area contributed by atoms with Gasteiger partial charge in [-0.05, 0) is 155 Å². The second-order valence-electron chi connectivity index (χ2n) is 24.5. The average Bonchev–Trinajstić information content (AvgIpc) is 1.52. The molecule has 10 aromatic carbocycles. The molecular formula is C80H49B2Cl3N8O8. The third-order valence-electron chi connectivity index (χ3n) is 18.6. The van der Waals surface area contributed by atoms with Crippen molar-refractivity contribution in [3.63, 3.8) is 0 Å². The van der Waals surface area contributed by atoms with Crippen LogP contribution in [0.2, 0.25) is 21.9 Å². The standard InChI is InChI=1S/C80H49B2Cl3N8O8/c1-44-34-67-66(40-63(44)83)88-43-68(89-67)62(42-87)74-69-70(72(93(74)82(53-16-10-6-11-17-53)54-18-12-7-13-19-54)46-24-30-56(31-25-46)101-80(99)50-27-33-58-60(37-50)78(97)91(4)76(58)95)73(61(41-86)48-21-20-47-38-64(84)65(85)39-51(47)35-48)92(81(2)52-14-8-5-9-15-52)71(69)45-22-28-55(29-23-45)100-79(98)49-26-32-57-59(36-49)77(96)90(3)75(57)94/h5-40,43H,1-4H3/b73-61-,74-62-. The van der Waals surface area contributed by atoms with Crippen molar-refractivity contribution >= 4 is 144 Å². The lowest BCUT2D eigenvalue weighted by Gasteiger charge is -2.23. The monoisotopic (exact) mass is 1380 g/mol. The van der Waals surface area contributed by atoms with Gasteiger partial charge in [0.25, 0.3) is 30.5 Å². The predicted molar refractivity (Wildman–Crippen MR) is 392 cm³/mol. The van der Waals surface area contributed by atoms with Gasteiger partial charge in [0.15, 0.2) is 0 Å². The largest absolute Gasteiger partial charge is 0.423 e. The van der Waals surface area contributed by atoms with Crippen molar-refractivity contribution in [2.75, 3.05) is 14.1 Å². The first-order chi connectivity index (χ1) is 48.9. The maximum Gasteiger partial charge on any atom is 0.343 e. The number of ether oxygens (including phenoxy) is 2. The predicted octanol–water partition coefficient (Wildman–Crippen LogP) is 12.5. The first-order valence-electron chi connectivity index (χ1n) is 31.8. The first-order valence-corrected chi connectivity index (χ1v) is 32.9. The van der Waals surface area contributed by atoms with Crippen LogP contribution >= 0.6 is 34.8 Å². The van der Waals surface area contributed by atoms with Crippen LogP contribution in [0.5, 0.6) is 11.5 Å². The fourth-order valence-electron chi connectivity index (χ4n) is 13.6. The number of nitriles is 2. The van der Waals surface area contributed by atoms with Gasteiger partial charge in [-0.1, -0.05) is 161 Å². The van der Waals surface area contributed by atoms with Gasteiger partial charge in [0.2, 0.25) is 0 Å². The highest BCUT2D eigenvalue weighted by Crippen LogP contribution is 2.39. The summed E-state index contributed by atoms with van der Waals surface area (Å²) in [6.07, 6.45) is 1.55. The van der Waals surface area contributed by atoms with E-state index in [9.17, 15) is 39.3 Å². The number of hydrogen-bond donors (Lipinski definition) is 0. The molecule has 0 spiro atoms. The van der Waals surface area contributed by atoms with Crippen molar-refractivity contribution in [2.45, 2.75) is 13.7 Å². The Balaban J connectivity index is 1.09. The van der Waals surface area contributed by atoms with Crippen LogP contribution in [0.15, 0.2) is 225 Å². The van der Waals surface area contributed by atoms with Gasteiger partial charge in [-0.15, -0.1) is 0 Å². The van der Waals surface area contributed by atoms with Crippen molar-refractivity contribution in [2.24, 2.45) is 0 Å². The van der Waals surface area contributed by atoms with Crippen LogP contribution in [0, 0.1) is 29.6 Å². The number of aryl methyl sites for hydroxylation is 1. The quantitative estimate of drug-likeness (QED) is 0.0457. The van der Waals surface area contributed by atoms with Crippen LogP contribution in [0.4, 0.5) is 0 Å². The third-order valence-corrected chi connectivity index (χ3v) is 19.7. The summed E-state index contributed by atoms with van der Waals surface area (Å²) in [5, 5.41) is 29.1. The molecule has 13 aromatic rings. The number of esters is 2. The fourth-order valence-corrected chi connectivity index (χ4v) is 14.1. The second kappa shape index (κ2) is 25.8. The first kappa shape index (κ1) is 64.5. The number of benzene rings is 10. The molecule has 0 N–H and O–H groups in total. The highest BCUT2D eigenvalue weighted by atomic mass is 35.5. The molecule has 0 radical (unpaired) electrons. The van der Waals surface area contributed by atoms with Crippen molar-refractivity contribution < 1.29 is 38.2 Å². The minimum atomic E-state index is -0.799. The number of hydrogen-bond acceptors (Lipinski definition) is 12. The minimum Gasteiger partial charge on any atom is -0.423 e. The molecule has 2 aliphatic heterocycles. The van der Waals surface area contributed by atoms with E-state index in [-0.39, 0.29) is 61.7 Å². The van der Waals surface area contributed by atoms with Gasteiger partial charge < -0.3 is 18.4 Å². The maximum atomic E-state index is 14.2. The summed E-state index contributed by atoms with van der Waals surface area (Å²) in [5.41, 5.74) is 7.64. The summed E-state index contributed by atoms with van der Waals surface area (Å²) < 4.78 is 16.4. The third kappa shape index (κ3) is 11.2. The Kier molecular flexibility index (Phi) is 16.5. The Labute approximate surface area is 592 Å². The molecule has 21 heteroatoms. The molecule has 0 saturated heterocycles. The lowest BCUT2D eigenvalue weighted by Crippen LogP contribution is -2.53. The van der Waals surface area contributed by atoms with Gasteiger partial charge in [0.05, 0.1) is 76.9 Å². The van der Waals surface area contributed by atoms with Gasteiger partial charge in [0, 0.05) is 41.3 Å². The van der Waals surface area contributed by atoms with Crippen molar-refractivity contribution in [3.05, 3.63) is 301 Å². The zero-order chi connectivity index (χ0) is 70.2. The second-order valence-corrected chi connectivity index (χ2v) is 25.8. The molecule has 0 atom stereocenters. The lowest BCUT2D eigenvalue weighted by molar-refractivity contribution is 0.0677. The molecule has 484 valence electrons. The number of rotatable bonds is 13. The van der Waals surface area contributed by atoms with E-state index in [4.69, 9.17) is 54.2 Å². The van der Waals surface area contributed by atoms with Crippen molar-refractivity contribution in [1.29, 1.82) is 10.5 Å². The van der Waals surface area contributed by atoms with Crippen LogP contribution in [-0.4, -0.2) is 92.1 Å². The summed E-state index contributed by atoms with van der Waals surface area (Å²) in [7, 11) is 2.75. The Hall–Kier alpha value is -12.4. The summed E-state index contributed by atoms with van der Waals surface area (Å²) >= 11 is 20.2. The van der Waals surface area contributed by atoms with E-state index >= 15 is 0 Å². The Morgan fingerprint density at radius 2 is 0.921 bits per heavy atom. The number of aromatic nitrogens is 4. The molecule has 4 amide bonds. The van der Waals surface area contributed by atoms with E-state index in [0.29, 0.717) is 81.0 Å². The Morgan fingerprint density at radius 1 is 0.465 bits per heavy atom. The molecule has 0 bridgehead atoms. The number of imide groups is 2. The van der Waals surface area contributed by atoms with Gasteiger partial charge in [-0.2, -0.15) is 10.5 Å². The van der Waals surface area contributed by atoms with Crippen LogP contribution in [0.25, 0.3) is 66.2 Å². The Morgan fingerprint density at radius 3 is 1.43 bits per heavy atom. The van der Waals surface area contributed by atoms with Crippen molar-refractivity contribution in [1.82, 2.24) is 28.7 Å². The Bertz CT molecular complexity index is 5960. The highest BCUT2D eigenvalue weighted by molar-refractivity contribution is 6.84. The summed E-state index contributed by atoms with van der Waals surface area (Å²) in [6.45, 7) is 2.44. The number of carbonyl (C=O) groups is 6. The molecule has 15 rings (SSSR count). The minimum absolute atomic E-state index is 0.0345. The zero-order valence-electron chi connectivity index (χ0n) is 54.0. The van der Waals surface area contributed by atoms with E-state index in [1.807, 2.05) is 129 Å². The van der Waals surface area contributed by atoms with E-state index < -0.39 is 49.3 Å². The molecule has 0 saturated carbocycles. The molecule has 0 unspecified atom stereocenters. The summed E-state index contributed by atoms with van der Waals surface area (Å²) in [6, 6.07) is 69.5. The molecule has 3 aromatic heterocycles. The average molecular weight is 1380 g/mol. The summed E-state index contributed by atoms with van der Waals surface area (Å²) in [4.78, 5) is 92.5. The fraction of sp³-hybridized carbons (Fsp3) is 0.0500. The van der Waals surface area contributed by atoms with E-state index in [1.54, 1.807) is 72.9 Å². The van der Waals surface area contributed by atoms with Gasteiger partial charge >= 0.3 is 18.8 Å². The van der Waals surface area contributed by atoms with E-state index in [2.05, 4.69) is 21.1 Å². The number of halogens is 3. The van der Waals surface area contributed by atoms with Gasteiger partial charge in [-0.3, -0.25) is 34.0 Å². The number of amides is 4. The van der Waals surface area contributed by atoms with Crippen LogP contribution in [-0.2, 0) is 0 Å². The van der Waals surface area contributed by atoms with Crippen LogP contribution < -0.4 is 36.6 Å². The van der Waals surface area contributed by atoms with Gasteiger partial charge in [-0.25, -0.2) is 14.6 Å². The number of nitrogens with zero attached hydrogens (tertiary/aromatic N) is 8. The maximum absolute atomic E-state index is 14.2. The molecule has 5 heterocycles. The molecular weight excluding hydrogens is 1330 g/mol. The normalized spacial score (nSPS) is 13.1. The molecule has 101 heavy (non-hydrogen) atoms. The SMILES string of the molecule is CB(c1ccccc1)n1c(-c2ccc(OC(=O)c3ccc4c(c3)C(=O)N(C)C4=O)cc2)c2/c(=C(\C#N)c3cnc4cc(Cl)c(C)cc4n3)n(B(c3ccccc3)c3ccccc3)c(-c3ccc(OC(=O)c4ccc5c(c4)C(=O)N(C)C5=O)cc3)c2/c1=C(\C#N)c1ccc2cc(Cl)c(Cl)cc2c1. The van der Waals surface area contributed by atoms with Crippen LogP contribution in [0.3, 0.4) is 0 Å². The molecule has 0 aliphatic carbocycles. The number of carbonyl (C=O) groups excluding carboxylic acids is 6. The smallest absolute Gasteiger partial charge is 0.343 e. The van der Waals surface area contributed by atoms with E-state index in [0.717, 1.165) is 37.1 Å². The summed E-state index contributed by atoms with van der Waals surface area (Å²) in [5.74, 6) is -3.42.